The van der Waals surface area contributed by atoms with Gasteiger partial charge in [0.2, 0.25) is 5.91 Å². The molecular weight excluding hydrogens is 382 g/mol. The number of urea groups is 1. The van der Waals surface area contributed by atoms with Gasteiger partial charge in [-0.3, -0.25) is 4.79 Å². The predicted molar refractivity (Wildman–Crippen MR) is 107 cm³/mol. The van der Waals surface area contributed by atoms with Gasteiger partial charge in [0.05, 0.1) is 5.02 Å². The number of likely N-dealkylation sites (tertiary alicyclic amines) is 1. The van der Waals surface area contributed by atoms with Crippen molar-refractivity contribution in [1.29, 1.82) is 0 Å². The average molecular weight is 410 g/mol. The first-order valence-electron chi connectivity index (χ1n) is 9.85. The highest BCUT2D eigenvalue weighted by molar-refractivity contribution is 6.32. The summed E-state index contributed by atoms with van der Waals surface area (Å²) in [5.74, 6) is 1.25. The number of piperidine rings is 1. The quantitative estimate of drug-likeness (QED) is 0.783. The number of hydrogen-bond donors (Lipinski definition) is 2. The zero-order valence-electron chi connectivity index (χ0n) is 16.4. The Balaban J connectivity index is 1.43. The van der Waals surface area contributed by atoms with Crippen molar-refractivity contribution in [1.82, 2.24) is 15.5 Å². The summed E-state index contributed by atoms with van der Waals surface area (Å²) in [5.41, 5.74) is 0.995. The molecule has 0 atom stereocenters. The molecule has 28 heavy (non-hydrogen) atoms. The van der Waals surface area contributed by atoms with Crippen LogP contribution in [0.5, 0.6) is 11.5 Å². The molecule has 3 amide bonds. The molecule has 1 fully saturated rings. The van der Waals surface area contributed by atoms with Gasteiger partial charge < -0.3 is 25.0 Å². The summed E-state index contributed by atoms with van der Waals surface area (Å²) in [5, 5.41) is 6.43. The lowest BCUT2D eigenvalue weighted by molar-refractivity contribution is -0.126. The molecule has 0 bridgehead atoms. The van der Waals surface area contributed by atoms with Gasteiger partial charge in [-0.2, -0.15) is 0 Å². The molecule has 2 N–H and O–H groups in total. The van der Waals surface area contributed by atoms with Gasteiger partial charge in [0.15, 0.2) is 11.5 Å². The summed E-state index contributed by atoms with van der Waals surface area (Å²) >= 11 is 6.25. The zero-order chi connectivity index (χ0) is 20.1. The molecule has 1 aromatic carbocycles. The molecule has 8 heteroatoms. The molecular formula is C20H28ClN3O4. The number of benzene rings is 1. The maximum Gasteiger partial charge on any atom is 0.317 e. The van der Waals surface area contributed by atoms with Gasteiger partial charge in [-0.25, -0.2) is 4.79 Å². The van der Waals surface area contributed by atoms with E-state index in [0.29, 0.717) is 68.6 Å². The Bertz CT molecular complexity index is 718. The molecule has 0 aliphatic carbocycles. The van der Waals surface area contributed by atoms with Gasteiger partial charge >= 0.3 is 6.03 Å². The van der Waals surface area contributed by atoms with E-state index in [-0.39, 0.29) is 23.9 Å². The van der Waals surface area contributed by atoms with E-state index in [1.54, 1.807) is 4.90 Å². The Morgan fingerprint density at radius 2 is 1.93 bits per heavy atom. The van der Waals surface area contributed by atoms with Crippen LogP contribution in [0.15, 0.2) is 12.1 Å². The number of fused-ring (bicyclic) bond motifs is 1. The minimum Gasteiger partial charge on any atom is -0.486 e. The first-order valence-corrected chi connectivity index (χ1v) is 10.2. The summed E-state index contributed by atoms with van der Waals surface area (Å²) in [6.07, 6.45) is 2.04. The Labute approximate surface area is 170 Å². The van der Waals surface area contributed by atoms with Crippen LogP contribution in [-0.4, -0.2) is 55.7 Å². The fraction of sp³-hybridized carbons (Fsp3) is 0.600. The summed E-state index contributed by atoms with van der Waals surface area (Å²) in [6, 6.07) is 3.83. The third kappa shape index (κ3) is 5.22. The van der Waals surface area contributed by atoms with Crippen LogP contribution in [0.1, 0.15) is 32.3 Å². The van der Waals surface area contributed by atoms with E-state index in [4.69, 9.17) is 21.1 Å². The summed E-state index contributed by atoms with van der Waals surface area (Å²) in [4.78, 5) is 26.2. The van der Waals surface area contributed by atoms with E-state index in [1.807, 2.05) is 26.0 Å². The minimum absolute atomic E-state index is 0.0487. The Kier molecular flexibility index (Phi) is 6.88. The molecule has 0 aromatic heterocycles. The number of hydrogen-bond acceptors (Lipinski definition) is 4. The molecule has 3 rings (SSSR count). The van der Waals surface area contributed by atoms with E-state index in [1.165, 1.54) is 0 Å². The number of ether oxygens (including phenoxy) is 2. The molecule has 1 saturated heterocycles. The Morgan fingerprint density at radius 1 is 1.21 bits per heavy atom. The van der Waals surface area contributed by atoms with Crippen molar-refractivity contribution < 1.29 is 19.1 Å². The van der Waals surface area contributed by atoms with E-state index in [0.717, 1.165) is 5.56 Å². The molecule has 0 radical (unpaired) electrons. The zero-order valence-corrected chi connectivity index (χ0v) is 17.2. The van der Waals surface area contributed by atoms with Gasteiger partial charge in [-0.15, -0.1) is 0 Å². The summed E-state index contributed by atoms with van der Waals surface area (Å²) in [6.45, 7) is 6.63. The normalized spacial score (nSPS) is 16.8. The van der Waals surface area contributed by atoms with Crippen molar-refractivity contribution >= 4 is 23.5 Å². The first-order chi connectivity index (χ1) is 13.4. The van der Waals surface area contributed by atoms with Crippen LogP contribution in [0.3, 0.4) is 0 Å². The van der Waals surface area contributed by atoms with Crippen molar-refractivity contribution in [3.8, 4) is 11.5 Å². The lowest BCUT2D eigenvalue weighted by atomic mass is 9.96. The number of nitrogens with one attached hydrogen (secondary N) is 2. The number of rotatable bonds is 5. The fourth-order valence-electron chi connectivity index (χ4n) is 3.47. The van der Waals surface area contributed by atoms with Crippen LogP contribution in [-0.2, 0) is 11.2 Å². The van der Waals surface area contributed by atoms with Gasteiger partial charge in [0.25, 0.3) is 0 Å². The molecule has 0 saturated carbocycles. The second kappa shape index (κ2) is 9.37. The van der Waals surface area contributed by atoms with Crippen LogP contribution in [0, 0.1) is 5.92 Å². The predicted octanol–water partition coefficient (Wildman–Crippen LogP) is 2.60. The van der Waals surface area contributed by atoms with Gasteiger partial charge in [-0.05, 0) is 50.8 Å². The molecule has 0 unspecified atom stereocenters. The molecule has 2 heterocycles. The van der Waals surface area contributed by atoms with Gasteiger partial charge in [0.1, 0.15) is 13.2 Å². The van der Waals surface area contributed by atoms with Crippen molar-refractivity contribution in [3.05, 3.63) is 22.7 Å². The highest BCUT2D eigenvalue weighted by atomic mass is 35.5. The van der Waals surface area contributed by atoms with Crippen LogP contribution in [0.4, 0.5) is 4.79 Å². The van der Waals surface area contributed by atoms with Gasteiger partial charge in [0, 0.05) is 31.6 Å². The lowest BCUT2D eigenvalue weighted by Gasteiger charge is -2.32. The smallest absolute Gasteiger partial charge is 0.317 e. The van der Waals surface area contributed by atoms with Crippen LogP contribution in [0.2, 0.25) is 5.02 Å². The molecule has 7 nitrogen and oxygen atoms in total. The lowest BCUT2D eigenvalue weighted by Crippen LogP contribution is -2.48. The monoisotopic (exact) mass is 409 g/mol. The number of carbonyl (C=O) groups is 2. The largest absolute Gasteiger partial charge is 0.486 e. The highest BCUT2D eigenvalue weighted by Crippen LogP contribution is 2.38. The summed E-state index contributed by atoms with van der Waals surface area (Å²) in [7, 11) is 0. The number of nitrogens with zero attached hydrogens (tertiary/aromatic N) is 1. The molecule has 2 aliphatic rings. The average Bonchev–Trinajstić information content (AvgIpc) is 2.67. The number of amides is 3. The van der Waals surface area contributed by atoms with E-state index >= 15 is 0 Å². The maximum absolute atomic E-state index is 12.4. The van der Waals surface area contributed by atoms with Crippen LogP contribution in [0.25, 0.3) is 0 Å². The van der Waals surface area contributed by atoms with Crippen LogP contribution >= 0.6 is 11.6 Å². The maximum atomic E-state index is 12.4. The molecule has 154 valence electrons. The van der Waals surface area contributed by atoms with Crippen molar-refractivity contribution in [2.45, 2.75) is 39.2 Å². The Hall–Kier alpha value is -2.15. The Morgan fingerprint density at radius 3 is 2.64 bits per heavy atom. The fourth-order valence-corrected chi connectivity index (χ4v) is 3.75. The van der Waals surface area contributed by atoms with E-state index < -0.39 is 0 Å². The third-order valence-corrected chi connectivity index (χ3v) is 5.22. The minimum atomic E-state index is -0.0515. The number of carbonyl (C=O) groups excluding carboxylic acids is 2. The van der Waals surface area contributed by atoms with E-state index in [2.05, 4.69) is 10.6 Å². The standard InChI is InChI=1S/C20H28ClN3O4/c1-13(2)23-20(26)24-7-4-15(5-8-24)19(25)22-6-3-14-11-16(21)18-17(12-14)27-9-10-28-18/h11-13,15H,3-10H2,1-2H3,(H,22,25)(H,23,26). The SMILES string of the molecule is CC(C)NC(=O)N1CCC(C(=O)NCCc2cc(Cl)c3c(c2)OCCO3)CC1. The van der Waals surface area contributed by atoms with Gasteiger partial charge in [-0.1, -0.05) is 11.6 Å². The van der Waals surface area contributed by atoms with Crippen molar-refractivity contribution in [2.75, 3.05) is 32.8 Å². The highest BCUT2D eigenvalue weighted by Gasteiger charge is 2.27. The second-order valence-electron chi connectivity index (χ2n) is 7.51. The topological polar surface area (TPSA) is 79.9 Å². The first kappa shape index (κ1) is 20.6. The third-order valence-electron chi connectivity index (χ3n) is 4.93. The number of halogens is 1. The molecule has 0 spiro atoms. The van der Waals surface area contributed by atoms with Crippen LogP contribution < -0.4 is 20.1 Å². The van der Waals surface area contributed by atoms with E-state index in [9.17, 15) is 9.59 Å². The second-order valence-corrected chi connectivity index (χ2v) is 7.92. The summed E-state index contributed by atoms with van der Waals surface area (Å²) < 4.78 is 11.1. The molecule has 2 aliphatic heterocycles. The van der Waals surface area contributed by atoms with Crippen molar-refractivity contribution in [2.24, 2.45) is 5.92 Å². The molecule has 1 aromatic rings. The van der Waals surface area contributed by atoms with Crippen molar-refractivity contribution in [3.63, 3.8) is 0 Å².